The third-order valence-electron chi connectivity index (χ3n) is 3.04. The molecule has 0 spiro atoms. The Labute approximate surface area is 110 Å². The second-order valence-corrected chi connectivity index (χ2v) is 4.17. The molecular formula is C13H20CrN2. The molecule has 1 heterocycles. The number of hydrogen-bond donors (Lipinski definition) is 0. The Kier molecular flexibility index (Phi) is 7.46. The molecule has 1 aromatic rings. The summed E-state index contributed by atoms with van der Waals surface area (Å²) in [5.74, 6) is 0.745. The summed E-state index contributed by atoms with van der Waals surface area (Å²) >= 11 is 0. The molecule has 1 aromatic heterocycles. The summed E-state index contributed by atoms with van der Waals surface area (Å²) in [7, 11) is 0. The van der Waals surface area contributed by atoms with Crippen molar-refractivity contribution in [3.05, 3.63) is 31.5 Å². The van der Waals surface area contributed by atoms with Gasteiger partial charge in [-0.15, -0.1) is 5.69 Å². The third-order valence-corrected chi connectivity index (χ3v) is 3.04. The van der Waals surface area contributed by atoms with Gasteiger partial charge in [-0.1, -0.05) is 31.9 Å². The minimum Gasteiger partial charge on any atom is -0.663 e. The van der Waals surface area contributed by atoms with Crippen molar-refractivity contribution in [2.45, 2.75) is 38.6 Å². The molecule has 2 unspecified atom stereocenters. The first-order valence-corrected chi connectivity index (χ1v) is 5.47. The monoisotopic (exact) mass is 256 g/mol. The standard InChI is InChI=1S/C12H17N2.CH3.Cr/c1-10-5-2-3-7-12(10)14-9-11-6-4-8-13-11;;/h4,6,8-10,12H,2-3,5,7H2,1H3;1H3;/q2*-1;+2. The molecule has 3 heteroatoms. The first kappa shape index (κ1) is 15.5. The zero-order chi connectivity index (χ0) is 9.80. The molecule has 16 heavy (non-hydrogen) atoms. The van der Waals surface area contributed by atoms with Gasteiger partial charge in [0.1, 0.15) is 0 Å². The molecule has 2 rings (SSSR count). The minimum absolute atomic E-state index is 0. The van der Waals surface area contributed by atoms with E-state index in [1.807, 2.05) is 24.5 Å². The molecule has 1 fully saturated rings. The van der Waals surface area contributed by atoms with Crippen LogP contribution in [0.4, 0.5) is 0 Å². The Morgan fingerprint density at radius 3 is 2.75 bits per heavy atom. The van der Waals surface area contributed by atoms with Crippen LogP contribution in [-0.4, -0.2) is 12.3 Å². The molecule has 0 aliphatic heterocycles. The van der Waals surface area contributed by atoms with E-state index in [1.165, 1.54) is 25.7 Å². The fourth-order valence-electron chi connectivity index (χ4n) is 2.08. The second kappa shape index (κ2) is 7.71. The molecule has 0 aromatic carbocycles. The Morgan fingerprint density at radius 1 is 1.38 bits per heavy atom. The number of nitrogens with zero attached hydrogens (tertiary/aromatic N) is 2. The summed E-state index contributed by atoms with van der Waals surface area (Å²) in [5, 5.41) is 0. The smallest absolute Gasteiger partial charge is 0.663 e. The Balaban J connectivity index is 0.00000112. The van der Waals surface area contributed by atoms with E-state index in [1.54, 1.807) is 0 Å². The van der Waals surface area contributed by atoms with Crippen LogP contribution in [0.1, 0.15) is 38.3 Å². The van der Waals surface area contributed by atoms with E-state index in [-0.39, 0.29) is 24.8 Å². The van der Waals surface area contributed by atoms with E-state index in [2.05, 4.69) is 16.9 Å². The maximum atomic E-state index is 4.62. The fourth-order valence-corrected chi connectivity index (χ4v) is 2.08. The molecule has 88 valence electrons. The molecule has 1 aliphatic rings. The molecule has 1 saturated carbocycles. The molecular weight excluding hydrogens is 236 g/mol. The fraction of sp³-hybridized carbons (Fsp3) is 0.538. The van der Waals surface area contributed by atoms with Crippen molar-refractivity contribution in [3.8, 4) is 0 Å². The van der Waals surface area contributed by atoms with E-state index in [0.29, 0.717) is 6.04 Å². The second-order valence-electron chi connectivity index (χ2n) is 4.17. The SMILES string of the molecule is CC1CCCCC1N=Cc1ccc[n-]1.[CH3-].[Cr+2]. The molecule has 2 atom stereocenters. The normalized spacial score (nSPS) is 24.8. The average molecular weight is 256 g/mol. The predicted octanol–water partition coefficient (Wildman–Crippen LogP) is 3.09. The summed E-state index contributed by atoms with van der Waals surface area (Å²) in [6, 6.07) is 4.48. The summed E-state index contributed by atoms with van der Waals surface area (Å²) in [5.41, 5.74) is 0.989. The molecule has 0 saturated heterocycles. The van der Waals surface area contributed by atoms with Crippen molar-refractivity contribution < 1.29 is 17.4 Å². The maximum absolute atomic E-state index is 4.62. The van der Waals surface area contributed by atoms with Crippen molar-refractivity contribution in [3.63, 3.8) is 0 Å². The van der Waals surface area contributed by atoms with Crippen LogP contribution in [0.2, 0.25) is 0 Å². The Bertz CT molecular complexity index is 293. The van der Waals surface area contributed by atoms with Crippen LogP contribution in [0.15, 0.2) is 23.3 Å². The van der Waals surface area contributed by atoms with Crippen molar-refractivity contribution in [2.24, 2.45) is 10.9 Å². The van der Waals surface area contributed by atoms with Crippen LogP contribution in [-0.2, 0) is 17.4 Å². The van der Waals surface area contributed by atoms with Gasteiger partial charge in [-0.25, -0.2) is 0 Å². The number of aliphatic imine (C=N–C) groups is 1. The summed E-state index contributed by atoms with van der Waals surface area (Å²) in [4.78, 5) is 8.80. The average Bonchev–Trinajstić information content (AvgIpc) is 2.69. The van der Waals surface area contributed by atoms with Gasteiger partial charge < -0.3 is 12.4 Å². The van der Waals surface area contributed by atoms with E-state index in [0.717, 1.165) is 11.6 Å². The Morgan fingerprint density at radius 2 is 2.12 bits per heavy atom. The summed E-state index contributed by atoms with van der Waals surface area (Å²) in [6.45, 7) is 2.31. The van der Waals surface area contributed by atoms with Crippen LogP contribution in [0.5, 0.6) is 0 Å². The molecule has 0 bridgehead atoms. The van der Waals surface area contributed by atoms with Gasteiger partial charge in [-0.3, -0.25) is 4.99 Å². The van der Waals surface area contributed by atoms with Crippen LogP contribution < -0.4 is 4.98 Å². The van der Waals surface area contributed by atoms with Gasteiger partial charge in [0, 0.05) is 6.21 Å². The number of hydrogen-bond acceptors (Lipinski definition) is 1. The first-order valence-electron chi connectivity index (χ1n) is 5.47. The number of rotatable bonds is 2. The van der Waals surface area contributed by atoms with Crippen LogP contribution in [0.25, 0.3) is 0 Å². The third kappa shape index (κ3) is 4.16. The van der Waals surface area contributed by atoms with Gasteiger partial charge in [-0.2, -0.15) is 6.20 Å². The maximum Gasteiger partial charge on any atom is 2.00 e. The number of aromatic nitrogens is 1. The van der Waals surface area contributed by atoms with Gasteiger partial charge in [0.25, 0.3) is 0 Å². The van der Waals surface area contributed by atoms with Crippen molar-refractivity contribution in [1.82, 2.24) is 4.98 Å². The van der Waals surface area contributed by atoms with Gasteiger partial charge in [0.2, 0.25) is 0 Å². The van der Waals surface area contributed by atoms with E-state index < -0.39 is 0 Å². The molecule has 0 amide bonds. The quantitative estimate of drug-likeness (QED) is 0.590. The molecule has 1 aliphatic carbocycles. The van der Waals surface area contributed by atoms with Gasteiger partial charge >= 0.3 is 17.4 Å². The minimum atomic E-state index is 0. The van der Waals surface area contributed by atoms with Crippen LogP contribution in [0.3, 0.4) is 0 Å². The van der Waals surface area contributed by atoms with Crippen LogP contribution in [0, 0.1) is 13.3 Å². The van der Waals surface area contributed by atoms with E-state index in [9.17, 15) is 0 Å². The predicted molar refractivity (Wildman–Crippen MR) is 65.2 cm³/mol. The van der Waals surface area contributed by atoms with Gasteiger partial charge in [0.15, 0.2) is 0 Å². The topological polar surface area (TPSA) is 26.5 Å². The van der Waals surface area contributed by atoms with Gasteiger partial charge in [0.05, 0.1) is 6.04 Å². The first-order chi connectivity index (χ1) is 6.86. The van der Waals surface area contributed by atoms with E-state index >= 15 is 0 Å². The summed E-state index contributed by atoms with van der Waals surface area (Å²) < 4.78 is 0. The molecule has 2 nitrogen and oxygen atoms in total. The zero-order valence-electron chi connectivity index (χ0n) is 10.1. The molecule has 0 radical (unpaired) electrons. The largest absolute Gasteiger partial charge is 2.00 e. The zero-order valence-corrected chi connectivity index (χ0v) is 11.4. The Hall–Kier alpha value is -0.518. The molecule has 0 N–H and O–H groups in total. The summed E-state index contributed by atoms with van der Waals surface area (Å²) in [6.07, 6.45) is 9.02. The van der Waals surface area contributed by atoms with Crippen LogP contribution >= 0.6 is 0 Å². The van der Waals surface area contributed by atoms with E-state index in [4.69, 9.17) is 0 Å². The van der Waals surface area contributed by atoms with Gasteiger partial charge in [-0.05, 0) is 18.8 Å². The van der Waals surface area contributed by atoms with Crippen molar-refractivity contribution in [1.29, 1.82) is 0 Å². The van der Waals surface area contributed by atoms with Crippen molar-refractivity contribution in [2.75, 3.05) is 0 Å². The van der Waals surface area contributed by atoms with Crippen molar-refractivity contribution >= 4 is 6.21 Å².